The van der Waals surface area contributed by atoms with Gasteiger partial charge in [-0.3, -0.25) is 0 Å². The van der Waals surface area contributed by atoms with Gasteiger partial charge in [0.05, 0.1) is 17.8 Å². The van der Waals surface area contributed by atoms with Gasteiger partial charge in [0.25, 0.3) is 0 Å². The van der Waals surface area contributed by atoms with E-state index in [-0.39, 0.29) is 6.04 Å². The maximum absolute atomic E-state index is 11.7. The highest BCUT2D eigenvalue weighted by molar-refractivity contribution is 5.68. The van der Waals surface area contributed by atoms with E-state index in [9.17, 15) is 4.79 Å². The molecule has 2 heterocycles. The summed E-state index contributed by atoms with van der Waals surface area (Å²) in [6, 6.07) is 5.63. The van der Waals surface area contributed by atoms with Gasteiger partial charge in [-0.15, -0.1) is 0 Å². The standard InChI is InChI=1S/C14H19N3O2/c1-10(16-13(18)19-14(2,3)4)12-15-9-11-7-5-6-8-17(11)12/h5-10H,1-4H3,(H,16,18)/t10-/m0/s1. The molecule has 5 heteroatoms. The summed E-state index contributed by atoms with van der Waals surface area (Å²) >= 11 is 0. The van der Waals surface area contributed by atoms with Gasteiger partial charge in [-0.1, -0.05) is 6.07 Å². The number of carbonyl (C=O) groups excluding carboxylic acids is 1. The van der Waals surface area contributed by atoms with Gasteiger partial charge in [0.2, 0.25) is 0 Å². The molecule has 0 aromatic carbocycles. The molecule has 0 aliphatic rings. The van der Waals surface area contributed by atoms with E-state index in [0.717, 1.165) is 11.3 Å². The maximum atomic E-state index is 11.7. The van der Waals surface area contributed by atoms with Gasteiger partial charge < -0.3 is 14.5 Å². The molecule has 0 bridgehead atoms. The minimum absolute atomic E-state index is 0.222. The highest BCUT2D eigenvalue weighted by atomic mass is 16.6. The number of ether oxygens (including phenoxy) is 1. The molecule has 1 amide bonds. The molecule has 0 radical (unpaired) electrons. The second-order valence-corrected chi connectivity index (χ2v) is 5.48. The number of pyridine rings is 1. The second kappa shape index (κ2) is 4.91. The number of hydrogen-bond acceptors (Lipinski definition) is 3. The van der Waals surface area contributed by atoms with Gasteiger partial charge >= 0.3 is 6.09 Å². The first-order valence-electron chi connectivity index (χ1n) is 6.28. The van der Waals surface area contributed by atoms with Crippen LogP contribution in [0.1, 0.15) is 39.6 Å². The molecule has 0 spiro atoms. The van der Waals surface area contributed by atoms with Crippen LogP contribution in [0.5, 0.6) is 0 Å². The SMILES string of the molecule is C[C@H](NC(=O)OC(C)(C)C)c1ncc2ccccn12. The highest BCUT2D eigenvalue weighted by Gasteiger charge is 2.20. The van der Waals surface area contributed by atoms with E-state index < -0.39 is 11.7 Å². The van der Waals surface area contributed by atoms with Gasteiger partial charge in [0.15, 0.2) is 0 Å². The first-order chi connectivity index (χ1) is 8.87. The average molecular weight is 261 g/mol. The van der Waals surface area contributed by atoms with E-state index >= 15 is 0 Å². The largest absolute Gasteiger partial charge is 0.444 e. The summed E-state index contributed by atoms with van der Waals surface area (Å²) in [7, 11) is 0. The monoisotopic (exact) mass is 261 g/mol. The Bertz CT molecular complexity index is 584. The number of nitrogens with zero attached hydrogens (tertiary/aromatic N) is 2. The Labute approximate surface area is 112 Å². The predicted molar refractivity (Wildman–Crippen MR) is 73.0 cm³/mol. The zero-order valence-electron chi connectivity index (χ0n) is 11.7. The number of nitrogens with one attached hydrogen (secondary N) is 1. The molecule has 19 heavy (non-hydrogen) atoms. The van der Waals surface area contributed by atoms with Gasteiger partial charge in [-0.25, -0.2) is 9.78 Å². The van der Waals surface area contributed by atoms with Crippen LogP contribution in [0.3, 0.4) is 0 Å². The van der Waals surface area contributed by atoms with Crippen LogP contribution in [0, 0.1) is 0 Å². The molecular formula is C14H19N3O2. The van der Waals surface area contributed by atoms with E-state index in [4.69, 9.17) is 4.74 Å². The number of amides is 1. The van der Waals surface area contributed by atoms with Crippen LogP contribution >= 0.6 is 0 Å². The molecule has 1 N–H and O–H groups in total. The molecule has 102 valence electrons. The van der Waals surface area contributed by atoms with Crippen molar-refractivity contribution in [2.75, 3.05) is 0 Å². The van der Waals surface area contributed by atoms with Gasteiger partial charge in [-0.2, -0.15) is 0 Å². The average Bonchev–Trinajstić information content (AvgIpc) is 2.69. The summed E-state index contributed by atoms with van der Waals surface area (Å²) in [5.41, 5.74) is 0.494. The Balaban J connectivity index is 2.12. The second-order valence-electron chi connectivity index (χ2n) is 5.48. The Morgan fingerprint density at radius 1 is 1.42 bits per heavy atom. The first kappa shape index (κ1) is 13.4. The van der Waals surface area contributed by atoms with E-state index in [0.29, 0.717) is 0 Å². The lowest BCUT2D eigenvalue weighted by Crippen LogP contribution is -2.34. The van der Waals surface area contributed by atoms with Crippen LogP contribution in [0.15, 0.2) is 30.6 Å². The van der Waals surface area contributed by atoms with Crippen molar-refractivity contribution in [2.45, 2.75) is 39.3 Å². The number of rotatable bonds is 2. The molecule has 2 rings (SSSR count). The molecule has 2 aromatic heterocycles. The minimum Gasteiger partial charge on any atom is -0.444 e. The summed E-state index contributed by atoms with van der Waals surface area (Å²) in [5.74, 6) is 0.779. The van der Waals surface area contributed by atoms with Crippen molar-refractivity contribution >= 4 is 11.6 Å². The van der Waals surface area contributed by atoms with Crippen molar-refractivity contribution in [3.05, 3.63) is 36.4 Å². The zero-order chi connectivity index (χ0) is 14.0. The molecule has 2 aromatic rings. The van der Waals surface area contributed by atoms with Crippen molar-refractivity contribution in [1.29, 1.82) is 0 Å². The van der Waals surface area contributed by atoms with Gasteiger partial charge in [-0.05, 0) is 39.8 Å². The van der Waals surface area contributed by atoms with Crippen molar-refractivity contribution in [2.24, 2.45) is 0 Å². The fourth-order valence-corrected chi connectivity index (χ4v) is 1.83. The fourth-order valence-electron chi connectivity index (χ4n) is 1.83. The molecule has 0 saturated heterocycles. The van der Waals surface area contributed by atoms with Crippen molar-refractivity contribution in [3.63, 3.8) is 0 Å². The molecule has 0 saturated carbocycles. The van der Waals surface area contributed by atoms with E-state index in [1.54, 1.807) is 6.20 Å². The highest BCUT2D eigenvalue weighted by Crippen LogP contribution is 2.15. The van der Waals surface area contributed by atoms with E-state index in [2.05, 4.69) is 10.3 Å². The van der Waals surface area contributed by atoms with Gasteiger partial charge in [0, 0.05) is 6.20 Å². The van der Waals surface area contributed by atoms with Crippen LogP contribution in [0.2, 0.25) is 0 Å². The molecule has 0 unspecified atom stereocenters. The third-order valence-electron chi connectivity index (χ3n) is 2.59. The third-order valence-corrected chi connectivity index (χ3v) is 2.59. The van der Waals surface area contributed by atoms with Gasteiger partial charge in [0.1, 0.15) is 11.4 Å². The van der Waals surface area contributed by atoms with Crippen LogP contribution in [-0.2, 0) is 4.74 Å². The van der Waals surface area contributed by atoms with Crippen molar-refractivity contribution in [1.82, 2.24) is 14.7 Å². The van der Waals surface area contributed by atoms with Crippen LogP contribution in [0.4, 0.5) is 4.79 Å². The Kier molecular flexibility index (Phi) is 3.46. The number of alkyl carbamates (subject to hydrolysis) is 1. The quantitative estimate of drug-likeness (QED) is 0.904. The minimum atomic E-state index is -0.502. The van der Waals surface area contributed by atoms with Crippen molar-refractivity contribution in [3.8, 4) is 0 Å². The van der Waals surface area contributed by atoms with Crippen LogP contribution in [0.25, 0.3) is 5.52 Å². The van der Waals surface area contributed by atoms with E-state index in [1.165, 1.54) is 0 Å². The summed E-state index contributed by atoms with van der Waals surface area (Å²) in [5, 5.41) is 2.79. The summed E-state index contributed by atoms with van der Waals surface area (Å²) in [4.78, 5) is 16.1. The first-order valence-corrected chi connectivity index (χ1v) is 6.28. The number of aromatic nitrogens is 2. The van der Waals surface area contributed by atoms with E-state index in [1.807, 2.05) is 56.5 Å². The van der Waals surface area contributed by atoms with Crippen molar-refractivity contribution < 1.29 is 9.53 Å². The Morgan fingerprint density at radius 2 is 2.16 bits per heavy atom. The van der Waals surface area contributed by atoms with Crippen LogP contribution < -0.4 is 5.32 Å². The molecular weight excluding hydrogens is 242 g/mol. The number of carbonyl (C=O) groups is 1. The lowest BCUT2D eigenvalue weighted by molar-refractivity contribution is 0.0505. The molecule has 5 nitrogen and oxygen atoms in total. The maximum Gasteiger partial charge on any atom is 0.408 e. The Morgan fingerprint density at radius 3 is 2.84 bits per heavy atom. The number of fused-ring (bicyclic) bond motifs is 1. The lowest BCUT2D eigenvalue weighted by atomic mass is 10.2. The zero-order valence-corrected chi connectivity index (χ0v) is 11.7. The smallest absolute Gasteiger partial charge is 0.408 e. The predicted octanol–water partition coefficient (Wildman–Crippen LogP) is 2.92. The number of hydrogen-bond donors (Lipinski definition) is 1. The molecule has 1 atom stereocenters. The number of imidazole rings is 1. The fraction of sp³-hybridized carbons (Fsp3) is 0.429. The summed E-state index contributed by atoms with van der Waals surface area (Å²) in [6.45, 7) is 7.39. The van der Waals surface area contributed by atoms with Crippen LogP contribution in [-0.4, -0.2) is 21.1 Å². The Hall–Kier alpha value is -2.04. The molecule has 0 aliphatic heterocycles. The normalized spacial score (nSPS) is 13.3. The molecule has 0 fully saturated rings. The topological polar surface area (TPSA) is 55.6 Å². The third kappa shape index (κ3) is 3.24. The summed E-state index contributed by atoms with van der Waals surface area (Å²) in [6.07, 6.45) is 3.26. The summed E-state index contributed by atoms with van der Waals surface area (Å²) < 4.78 is 7.18. The molecule has 0 aliphatic carbocycles. The lowest BCUT2D eigenvalue weighted by Gasteiger charge is -2.21.